The molecule has 12 heteroatoms. The van der Waals surface area contributed by atoms with Crippen LogP contribution in [0.2, 0.25) is 0 Å². The first kappa shape index (κ1) is 40.0. The van der Waals surface area contributed by atoms with Gasteiger partial charge in [0.05, 0.1) is 30.8 Å². The first-order valence-electron chi connectivity index (χ1n) is 20.2. The molecule has 0 spiro atoms. The third-order valence-corrected chi connectivity index (χ3v) is 17.0. The van der Waals surface area contributed by atoms with Crippen molar-refractivity contribution in [3.05, 3.63) is 11.6 Å². The minimum Gasteiger partial charge on any atom is -0.481 e. The van der Waals surface area contributed by atoms with Gasteiger partial charge in [-0.2, -0.15) is 0 Å². The zero-order valence-electron chi connectivity index (χ0n) is 32.7. The summed E-state index contributed by atoms with van der Waals surface area (Å²) in [7, 11) is 0. The molecule has 0 bridgehead atoms. The minimum absolute atomic E-state index is 0.0360. The van der Waals surface area contributed by atoms with Crippen LogP contribution in [0, 0.1) is 50.2 Å². The summed E-state index contributed by atoms with van der Waals surface area (Å²) in [6, 6.07) is 0. The van der Waals surface area contributed by atoms with Crippen molar-refractivity contribution in [2.75, 3.05) is 13.2 Å². The standard InChI is InChI=1S/C41H66O12/c1-21-28(44)30(46)31(47)33(51-21)53-32-29(45)24(43)19-50-34(32)52-27-11-12-37(4)25(38(27,5)20-42)10-13-40(7)26(37)9-8-22-23-18-36(2,3)14-16-41(23,35(48)49)17-15-39(22,40)6/h8,21,23-34,42-47H,9-20H2,1-7H3,(H,48,49)/t21-,23-,24-,25+,26+,27-,28-,29-,30-,31+,32+,33-,34-,37-,38-,39+,40+,41-/m0/s1. The Bertz CT molecular complexity index is 1440. The topological polar surface area (TPSA) is 196 Å². The van der Waals surface area contributed by atoms with Gasteiger partial charge in [0.1, 0.15) is 36.6 Å². The summed E-state index contributed by atoms with van der Waals surface area (Å²) in [4.78, 5) is 13.0. The quantitative estimate of drug-likeness (QED) is 0.155. The molecule has 6 fully saturated rings. The summed E-state index contributed by atoms with van der Waals surface area (Å²) < 4.78 is 24.3. The zero-order valence-corrected chi connectivity index (χ0v) is 32.7. The number of ether oxygens (including phenoxy) is 4. The van der Waals surface area contributed by atoms with Crippen LogP contribution in [0.3, 0.4) is 0 Å². The van der Waals surface area contributed by atoms with Crippen molar-refractivity contribution >= 4 is 5.97 Å². The third kappa shape index (κ3) is 5.85. The lowest BCUT2D eigenvalue weighted by Gasteiger charge is -2.71. The highest BCUT2D eigenvalue weighted by molar-refractivity contribution is 5.76. The molecule has 0 radical (unpaired) electrons. The van der Waals surface area contributed by atoms with Gasteiger partial charge in [-0.1, -0.05) is 53.2 Å². The van der Waals surface area contributed by atoms with Gasteiger partial charge in [-0.05, 0) is 111 Å². The van der Waals surface area contributed by atoms with Crippen molar-refractivity contribution in [1.29, 1.82) is 0 Å². The monoisotopic (exact) mass is 750 g/mol. The number of hydrogen-bond acceptors (Lipinski definition) is 11. The van der Waals surface area contributed by atoms with E-state index in [0.29, 0.717) is 18.8 Å². The number of aliphatic hydroxyl groups excluding tert-OH is 6. The molecule has 2 aliphatic heterocycles. The predicted octanol–water partition coefficient (Wildman–Crippen LogP) is 3.52. The number of allylic oxidation sites excluding steroid dienone is 2. The van der Waals surface area contributed by atoms with Gasteiger partial charge in [0, 0.05) is 5.41 Å². The number of carboxylic acid groups (broad SMARTS) is 1. The van der Waals surface area contributed by atoms with Gasteiger partial charge in [-0.25, -0.2) is 0 Å². The molecule has 2 saturated heterocycles. The molecule has 0 amide bonds. The Morgan fingerprint density at radius 1 is 0.830 bits per heavy atom. The van der Waals surface area contributed by atoms with Crippen molar-refractivity contribution in [2.45, 2.75) is 174 Å². The smallest absolute Gasteiger partial charge is 0.310 e. The lowest BCUT2D eigenvalue weighted by atomic mass is 9.33. The fourth-order valence-corrected chi connectivity index (χ4v) is 13.3. The van der Waals surface area contributed by atoms with E-state index in [9.17, 15) is 40.5 Å². The molecule has 12 nitrogen and oxygen atoms in total. The van der Waals surface area contributed by atoms with Gasteiger partial charge < -0.3 is 54.7 Å². The molecule has 0 aromatic heterocycles. The van der Waals surface area contributed by atoms with E-state index < -0.39 is 78.2 Å². The second-order valence-corrected chi connectivity index (χ2v) is 20.0. The van der Waals surface area contributed by atoms with Crippen LogP contribution in [-0.2, 0) is 23.7 Å². The normalized spacial score (nSPS) is 55.1. The summed E-state index contributed by atoms with van der Waals surface area (Å²) in [5, 5.41) is 74.9. The van der Waals surface area contributed by atoms with Crippen LogP contribution in [0.15, 0.2) is 11.6 Å². The van der Waals surface area contributed by atoms with Crippen LogP contribution < -0.4 is 0 Å². The number of fused-ring (bicyclic) bond motifs is 7. The van der Waals surface area contributed by atoms with Crippen molar-refractivity contribution in [2.24, 2.45) is 50.2 Å². The van der Waals surface area contributed by atoms with Gasteiger partial charge in [0.2, 0.25) is 0 Å². The number of carboxylic acids is 1. The van der Waals surface area contributed by atoms with Crippen LogP contribution >= 0.6 is 0 Å². The largest absolute Gasteiger partial charge is 0.481 e. The van der Waals surface area contributed by atoms with Crippen LogP contribution in [0.4, 0.5) is 0 Å². The van der Waals surface area contributed by atoms with Crippen LogP contribution in [-0.4, -0.2) is 116 Å². The number of carbonyl (C=O) groups is 1. The highest BCUT2D eigenvalue weighted by atomic mass is 16.8. The van der Waals surface area contributed by atoms with Crippen LogP contribution in [0.25, 0.3) is 0 Å². The van der Waals surface area contributed by atoms with E-state index in [1.54, 1.807) is 0 Å². The highest BCUT2D eigenvalue weighted by Crippen LogP contribution is 2.76. The van der Waals surface area contributed by atoms with E-state index >= 15 is 0 Å². The van der Waals surface area contributed by atoms with Crippen LogP contribution in [0.1, 0.15) is 113 Å². The van der Waals surface area contributed by atoms with Crippen molar-refractivity contribution in [1.82, 2.24) is 0 Å². The average molecular weight is 751 g/mol. The van der Waals surface area contributed by atoms with E-state index in [4.69, 9.17) is 18.9 Å². The molecular weight excluding hydrogens is 684 g/mol. The molecule has 18 atom stereocenters. The van der Waals surface area contributed by atoms with Crippen molar-refractivity contribution in [3.8, 4) is 0 Å². The van der Waals surface area contributed by atoms with Crippen LogP contribution in [0.5, 0.6) is 0 Å². The Labute approximate surface area is 314 Å². The second kappa shape index (κ2) is 13.5. The summed E-state index contributed by atoms with van der Waals surface area (Å²) in [6.07, 6.45) is -1.79. The Morgan fingerprint density at radius 2 is 1.53 bits per heavy atom. The van der Waals surface area contributed by atoms with Gasteiger partial charge in [-0.3, -0.25) is 4.79 Å². The van der Waals surface area contributed by atoms with Gasteiger partial charge in [0.15, 0.2) is 12.6 Å². The van der Waals surface area contributed by atoms with Gasteiger partial charge in [-0.15, -0.1) is 0 Å². The fraction of sp³-hybridized carbons (Fsp3) is 0.927. The maximum absolute atomic E-state index is 13.0. The molecule has 7 N–H and O–H groups in total. The number of rotatable bonds is 6. The summed E-state index contributed by atoms with van der Waals surface area (Å²) >= 11 is 0. The molecule has 5 aliphatic carbocycles. The number of aliphatic carboxylic acids is 1. The van der Waals surface area contributed by atoms with Gasteiger partial charge in [0.25, 0.3) is 0 Å². The van der Waals surface area contributed by atoms with E-state index in [2.05, 4.69) is 47.6 Å². The molecule has 53 heavy (non-hydrogen) atoms. The first-order chi connectivity index (χ1) is 24.7. The molecule has 0 aromatic rings. The Balaban J connectivity index is 1.15. The molecule has 7 rings (SSSR count). The molecule has 0 unspecified atom stereocenters. The third-order valence-electron chi connectivity index (χ3n) is 17.0. The average Bonchev–Trinajstić information content (AvgIpc) is 3.10. The summed E-state index contributed by atoms with van der Waals surface area (Å²) in [6.45, 7) is 15.1. The summed E-state index contributed by atoms with van der Waals surface area (Å²) in [5.41, 5.74) is -0.239. The molecule has 7 aliphatic rings. The SMILES string of the molecule is C[C@@H]1O[C@@H](O[C@H]2[C@H](O[C@H]3CC[C@@]4(C)[C@@H](CC[C@]5(C)[C@@H]4CC=C4[C@@H]6CC(C)(C)CC[C@]6(C(=O)O)CC[C@]45C)[C@]3(C)CO)OC[C@H](O)[C@@H]2O)[C@H](O)[C@@H](O)[C@H]1O. The molecular formula is C41H66O12. The maximum atomic E-state index is 13.0. The van der Waals surface area contributed by atoms with E-state index in [0.717, 1.165) is 51.4 Å². The lowest BCUT2D eigenvalue weighted by Crippen LogP contribution is -2.67. The van der Waals surface area contributed by atoms with Crippen molar-refractivity contribution in [3.63, 3.8) is 0 Å². The molecule has 2 heterocycles. The van der Waals surface area contributed by atoms with E-state index in [-0.39, 0.29) is 46.7 Å². The predicted molar refractivity (Wildman–Crippen MR) is 192 cm³/mol. The van der Waals surface area contributed by atoms with E-state index in [1.807, 2.05) is 0 Å². The van der Waals surface area contributed by atoms with E-state index in [1.165, 1.54) is 12.5 Å². The second-order valence-electron chi connectivity index (χ2n) is 20.0. The Kier molecular flexibility index (Phi) is 10.2. The molecule has 0 aromatic carbocycles. The molecule has 4 saturated carbocycles. The Hall–Kier alpha value is -1.19. The Morgan fingerprint density at radius 3 is 2.21 bits per heavy atom. The highest BCUT2D eigenvalue weighted by Gasteiger charge is 2.70. The fourth-order valence-electron chi connectivity index (χ4n) is 13.3. The number of aliphatic hydroxyl groups is 6. The minimum atomic E-state index is -1.62. The summed E-state index contributed by atoms with van der Waals surface area (Å²) in [5.74, 6) is -0.194. The first-order valence-corrected chi connectivity index (χ1v) is 20.2. The maximum Gasteiger partial charge on any atom is 0.310 e. The van der Waals surface area contributed by atoms with Crippen molar-refractivity contribution < 1.29 is 59.5 Å². The molecule has 302 valence electrons. The zero-order chi connectivity index (χ0) is 38.7. The van der Waals surface area contributed by atoms with Gasteiger partial charge >= 0.3 is 5.97 Å². The lowest BCUT2D eigenvalue weighted by molar-refractivity contribution is -0.365. The number of hydrogen-bond donors (Lipinski definition) is 7.